The number of carboxylic acid groups (broad SMARTS) is 1. The number of ether oxygens (including phenoxy) is 2. The Morgan fingerprint density at radius 3 is 2.87 bits per heavy atom. The molecule has 0 amide bonds. The number of hydrogen-bond donors (Lipinski definition) is 2. The first kappa shape index (κ1) is 13.7. The van der Waals surface area contributed by atoms with Gasteiger partial charge >= 0.3 is 5.97 Å². The van der Waals surface area contributed by atoms with Gasteiger partial charge in [0.2, 0.25) is 6.79 Å². The number of anilines is 1. The fourth-order valence-electron chi connectivity index (χ4n) is 2.95. The summed E-state index contributed by atoms with van der Waals surface area (Å²) in [6.07, 6.45) is 3.87. The monoisotopic (exact) mass is 309 g/mol. The maximum absolute atomic E-state index is 12.0. The van der Waals surface area contributed by atoms with Crippen LogP contribution in [0.4, 0.5) is 5.69 Å². The lowest BCUT2D eigenvalue weighted by Crippen LogP contribution is -2.47. The first-order valence-corrected chi connectivity index (χ1v) is 7.35. The minimum Gasteiger partial charge on any atom is -0.479 e. The molecular formula is C18H15NO4. The zero-order valence-corrected chi connectivity index (χ0v) is 12.3. The number of carbonyl (C=O) groups is 1. The molecule has 5 nitrogen and oxygen atoms in total. The Hall–Kier alpha value is -2.95. The summed E-state index contributed by atoms with van der Waals surface area (Å²) in [6.45, 7) is 0.203. The highest BCUT2D eigenvalue weighted by molar-refractivity contribution is 5.91. The predicted octanol–water partition coefficient (Wildman–Crippen LogP) is 2.92. The van der Waals surface area contributed by atoms with Gasteiger partial charge in [0.25, 0.3) is 0 Å². The van der Waals surface area contributed by atoms with E-state index in [2.05, 4.69) is 5.32 Å². The summed E-state index contributed by atoms with van der Waals surface area (Å²) in [6, 6.07) is 13.2. The van der Waals surface area contributed by atoms with Gasteiger partial charge in [-0.15, -0.1) is 0 Å². The molecule has 2 aliphatic heterocycles. The van der Waals surface area contributed by atoms with E-state index in [9.17, 15) is 9.90 Å². The molecular weight excluding hydrogens is 294 g/mol. The van der Waals surface area contributed by atoms with E-state index in [4.69, 9.17) is 9.47 Å². The van der Waals surface area contributed by atoms with Crippen LogP contribution in [0.5, 0.6) is 11.5 Å². The van der Waals surface area contributed by atoms with Crippen LogP contribution < -0.4 is 14.8 Å². The molecule has 0 radical (unpaired) electrons. The smallest absolute Gasteiger partial charge is 0.333 e. The van der Waals surface area contributed by atoms with Gasteiger partial charge in [0.15, 0.2) is 17.0 Å². The average molecular weight is 309 g/mol. The Labute approximate surface area is 133 Å². The zero-order chi connectivity index (χ0) is 15.9. The van der Waals surface area contributed by atoms with Crippen molar-refractivity contribution in [3.05, 3.63) is 59.7 Å². The molecule has 2 aliphatic rings. The molecule has 1 unspecified atom stereocenters. The van der Waals surface area contributed by atoms with Crippen LogP contribution in [0.3, 0.4) is 0 Å². The molecule has 0 aromatic heterocycles. The summed E-state index contributed by atoms with van der Waals surface area (Å²) >= 11 is 0. The maximum atomic E-state index is 12.0. The second kappa shape index (κ2) is 5.05. The first-order valence-electron chi connectivity index (χ1n) is 7.35. The van der Waals surface area contributed by atoms with Crippen LogP contribution in [-0.2, 0) is 11.2 Å². The van der Waals surface area contributed by atoms with Crippen LogP contribution in [-0.4, -0.2) is 23.4 Å². The molecule has 4 rings (SSSR count). The largest absolute Gasteiger partial charge is 0.479 e. The van der Waals surface area contributed by atoms with Crippen LogP contribution in [0.1, 0.15) is 11.1 Å². The summed E-state index contributed by atoms with van der Waals surface area (Å²) in [5.41, 5.74) is 1.49. The highest BCUT2D eigenvalue weighted by atomic mass is 16.7. The van der Waals surface area contributed by atoms with E-state index in [1.807, 2.05) is 48.5 Å². The fourth-order valence-corrected chi connectivity index (χ4v) is 2.95. The number of para-hydroxylation sites is 1. The molecule has 0 fully saturated rings. The third kappa shape index (κ3) is 2.30. The molecule has 5 heteroatoms. The van der Waals surface area contributed by atoms with E-state index in [1.54, 1.807) is 6.08 Å². The highest BCUT2D eigenvalue weighted by Gasteiger charge is 2.38. The molecule has 23 heavy (non-hydrogen) atoms. The number of fused-ring (bicyclic) bond motifs is 2. The Kier molecular flexibility index (Phi) is 3.01. The molecule has 2 aromatic rings. The zero-order valence-electron chi connectivity index (χ0n) is 12.3. The number of hydrogen-bond acceptors (Lipinski definition) is 4. The van der Waals surface area contributed by atoms with Crippen LogP contribution in [0.2, 0.25) is 0 Å². The predicted molar refractivity (Wildman–Crippen MR) is 85.7 cm³/mol. The van der Waals surface area contributed by atoms with Crippen molar-refractivity contribution in [1.29, 1.82) is 0 Å². The lowest BCUT2D eigenvalue weighted by atomic mass is 9.86. The molecule has 0 saturated carbocycles. The van der Waals surface area contributed by atoms with E-state index in [-0.39, 0.29) is 6.79 Å². The Balaban J connectivity index is 1.69. The first-order chi connectivity index (χ1) is 11.2. The normalized spacial score (nSPS) is 20.7. The third-order valence-electron chi connectivity index (χ3n) is 4.17. The Morgan fingerprint density at radius 1 is 1.17 bits per heavy atom. The van der Waals surface area contributed by atoms with Crippen molar-refractivity contribution >= 4 is 17.7 Å². The van der Waals surface area contributed by atoms with E-state index in [1.165, 1.54) is 0 Å². The van der Waals surface area contributed by atoms with Crippen molar-refractivity contribution in [3.63, 3.8) is 0 Å². The van der Waals surface area contributed by atoms with Gasteiger partial charge in [0, 0.05) is 12.1 Å². The topological polar surface area (TPSA) is 67.8 Å². The minimum atomic E-state index is -1.18. The summed E-state index contributed by atoms with van der Waals surface area (Å²) in [4.78, 5) is 12.0. The van der Waals surface area contributed by atoms with Crippen LogP contribution in [0, 0.1) is 0 Å². The molecule has 2 aromatic carbocycles. The van der Waals surface area contributed by atoms with E-state index >= 15 is 0 Å². The fraction of sp³-hybridized carbons (Fsp3) is 0.167. The lowest BCUT2D eigenvalue weighted by Gasteiger charge is -2.32. The van der Waals surface area contributed by atoms with Crippen molar-refractivity contribution in [3.8, 4) is 11.5 Å². The molecule has 2 heterocycles. The molecule has 2 N–H and O–H groups in total. The lowest BCUT2D eigenvalue weighted by molar-refractivity contribution is -0.140. The highest BCUT2D eigenvalue weighted by Crippen LogP contribution is 2.35. The molecule has 0 bridgehead atoms. The van der Waals surface area contributed by atoms with E-state index in [0.717, 1.165) is 16.8 Å². The van der Waals surface area contributed by atoms with Crippen molar-refractivity contribution < 1.29 is 19.4 Å². The second-order valence-electron chi connectivity index (χ2n) is 5.69. The number of rotatable bonds is 3. The van der Waals surface area contributed by atoms with Gasteiger partial charge in [0.05, 0.1) is 0 Å². The van der Waals surface area contributed by atoms with Crippen molar-refractivity contribution in [2.45, 2.75) is 12.0 Å². The molecule has 116 valence electrons. The number of carboxylic acids is 1. The number of benzene rings is 2. The summed E-state index contributed by atoms with van der Waals surface area (Å²) in [5, 5.41) is 13.0. The standard InChI is InChI=1S/C18H15NO4/c20-17(21)18(8-7-13-3-1-2-4-14(13)19-18)10-12-5-6-15-16(9-12)23-11-22-15/h1-9,19H,10-11H2,(H,20,21). The van der Waals surface area contributed by atoms with Crippen LogP contribution >= 0.6 is 0 Å². The molecule has 0 spiro atoms. The van der Waals surface area contributed by atoms with Gasteiger partial charge < -0.3 is 19.9 Å². The number of nitrogens with one attached hydrogen (secondary N) is 1. The van der Waals surface area contributed by atoms with E-state index < -0.39 is 11.5 Å². The van der Waals surface area contributed by atoms with Gasteiger partial charge in [-0.2, -0.15) is 0 Å². The quantitative estimate of drug-likeness (QED) is 0.912. The Morgan fingerprint density at radius 2 is 2.00 bits per heavy atom. The van der Waals surface area contributed by atoms with Gasteiger partial charge in [0.1, 0.15) is 0 Å². The van der Waals surface area contributed by atoms with Crippen LogP contribution in [0.25, 0.3) is 6.08 Å². The molecule has 1 atom stereocenters. The van der Waals surface area contributed by atoms with Gasteiger partial charge in [-0.3, -0.25) is 0 Å². The van der Waals surface area contributed by atoms with Crippen LogP contribution in [0.15, 0.2) is 48.5 Å². The summed E-state index contributed by atoms with van der Waals surface area (Å²) in [5.74, 6) is 0.430. The molecule has 0 aliphatic carbocycles. The molecule has 0 saturated heterocycles. The average Bonchev–Trinajstić information content (AvgIpc) is 3.02. The summed E-state index contributed by atoms with van der Waals surface area (Å²) < 4.78 is 10.7. The number of aliphatic carboxylic acids is 1. The Bertz CT molecular complexity index is 814. The van der Waals surface area contributed by atoms with Gasteiger partial charge in [-0.05, 0) is 35.4 Å². The van der Waals surface area contributed by atoms with E-state index in [0.29, 0.717) is 17.9 Å². The van der Waals surface area contributed by atoms with Crippen molar-refractivity contribution in [2.75, 3.05) is 12.1 Å². The van der Waals surface area contributed by atoms with Crippen molar-refractivity contribution in [1.82, 2.24) is 0 Å². The van der Waals surface area contributed by atoms with Crippen molar-refractivity contribution in [2.24, 2.45) is 0 Å². The SMILES string of the molecule is O=C(O)C1(Cc2ccc3c(c2)OCO3)C=Cc2ccccc2N1. The minimum absolute atomic E-state index is 0.203. The second-order valence-corrected chi connectivity index (χ2v) is 5.69. The summed E-state index contributed by atoms with van der Waals surface area (Å²) in [7, 11) is 0. The third-order valence-corrected chi connectivity index (χ3v) is 4.17. The van der Waals surface area contributed by atoms with Gasteiger partial charge in [-0.1, -0.05) is 30.3 Å². The maximum Gasteiger partial charge on any atom is 0.333 e. The van der Waals surface area contributed by atoms with Gasteiger partial charge in [-0.25, -0.2) is 4.79 Å².